The van der Waals surface area contributed by atoms with Crippen LogP contribution in [-0.4, -0.2) is 23.5 Å². The van der Waals surface area contributed by atoms with E-state index in [0.29, 0.717) is 22.9 Å². The number of aliphatic carboxylic acids is 1. The quantitative estimate of drug-likeness (QED) is 0.894. The number of hydrogen-bond donors (Lipinski definition) is 2. The van der Waals surface area contributed by atoms with Gasteiger partial charge < -0.3 is 10.4 Å². The van der Waals surface area contributed by atoms with Crippen LogP contribution in [0.4, 0.5) is 0 Å². The zero-order valence-corrected chi connectivity index (χ0v) is 12.1. The minimum Gasteiger partial charge on any atom is -0.481 e. The molecule has 0 bridgehead atoms. The fourth-order valence-electron chi connectivity index (χ4n) is 2.51. The van der Waals surface area contributed by atoms with E-state index in [2.05, 4.69) is 21.2 Å². The molecule has 0 aliphatic heterocycles. The molecule has 1 amide bonds. The van der Waals surface area contributed by atoms with E-state index in [4.69, 9.17) is 0 Å². The van der Waals surface area contributed by atoms with Gasteiger partial charge in [0.15, 0.2) is 0 Å². The topological polar surface area (TPSA) is 66.4 Å². The van der Waals surface area contributed by atoms with Crippen molar-refractivity contribution >= 4 is 27.8 Å². The van der Waals surface area contributed by atoms with Gasteiger partial charge in [0, 0.05) is 11.0 Å². The van der Waals surface area contributed by atoms with Crippen LogP contribution < -0.4 is 5.32 Å². The van der Waals surface area contributed by atoms with Gasteiger partial charge in [-0.25, -0.2) is 0 Å². The van der Waals surface area contributed by atoms with Crippen molar-refractivity contribution in [2.24, 2.45) is 5.41 Å². The fourth-order valence-corrected chi connectivity index (χ4v) is 2.97. The minimum absolute atomic E-state index is 0.197. The van der Waals surface area contributed by atoms with E-state index < -0.39 is 11.4 Å². The van der Waals surface area contributed by atoms with Crippen molar-refractivity contribution < 1.29 is 14.7 Å². The molecule has 4 nitrogen and oxygen atoms in total. The molecule has 0 radical (unpaired) electrons. The van der Waals surface area contributed by atoms with E-state index in [1.54, 1.807) is 18.2 Å². The third-order valence-electron chi connectivity index (χ3n) is 3.72. The number of amides is 1. The van der Waals surface area contributed by atoms with Crippen LogP contribution in [0.15, 0.2) is 28.7 Å². The van der Waals surface area contributed by atoms with Crippen molar-refractivity contribution in [3.63, 3.8) is 0 Å². The SMILES string of the molecule is O=C(NCC1(C(=O)O)CCCC1)c1ccccc1Br. The standard InChI is InChI=1S/C14H16BrNO3/c15-11-6-2-1-5-10(11)12(17)16-9-14(13(18)19)7-3-4-8-14/h1-2,5-6H,3-4,7-9H2,(H,16,17)(H,18,19). The second-order valence-corrected chi connectivity index (χ2v) is 5.81. The highest BCUT2D eigenvalue weighted by Gasteiger charge is 2.41. The lowest BCUT2D eigenvalue weighted by Gasteiger charge is -2.24. The van der Waals surface area contributed by atoms with Crippen LogP contribution in [0.25, 0.3) is 0 Å². The summed E-state index contributed by atoms with van der Waals surface area (Å²) in [6.45, 7) is 0.197. The lowest BCUT2D eigenvalue weighted by atomic mass is 9.86. The number of carbonyl (C=O) groups is 2. The molecule has 5 heteroatoms. The van der Waals surface area contributed by atoms with Crippen LogP contribution >= 0.6 is 15.9 Å². The van der Waals surface area contributed by atoms with Crippen molar-refractivity contribution in [3.8, 4) is 0 Å². The van der Waals surface area contributed by atoms with Gasteiger partial charge in [0.2, 0.25) is 0 Å². The number of hydrogen-bond acceptors (Lipinski definition) is 2. The summed E-state index contributed by atoms with van der Waals surface area (Å²) in [6.07, 6.45) is 3.10. The van der Waals surface area contributed by atoms with Crippen molar-refractivity contribution in [2.75, 3.05) is 6.54 Å². The monoisotopic (exact) mass is 325 g/mol. The molecule has 0 atom stereocenters. The maximum Gasteiger partial charge on any atom is 0.311 e. The van der Waals surface area contributed by atoms with Crippen LogP contribution in [-0.2, 0) is 4.79 Å². The first-order valence-electron chi connectivity index (χ1n) is 6.31. The Morgan fingerprint density at radius 3 is 2.47 bits per heavy atom. The summed E-state index contributed by atoms with van der Waals surface area (Å²) < 4.78 is 0.711. The van der Waals surface area contributed by atoms with Gasteiger partial charge >= 0.3 is 5.97 Å². The molecular weight excluding hydrogens is 310 g/mol. The maximum absolute atomic E-state index is 12.1. The summed E-state index contributed by atoms with van der Waals surface area (Å²) in [6, 6.07) is 7.11. The second kappa shape index (κ2) is 5.74. The molecule has 0 heterocycles. The van der Waals surface area contributed by atoms with Crippen LogP contribution in [0.5, 0.6) is 0 Å². The number of nitrogens with one attached hydrogen (secondary N) is 1. The fraction of sp³-hybridized carbons (Fsp3) is 0.429. The Balaban J connectivity index is 2.04. The largest absolute Gasteiger partial charge is 0.481 e. The normalized spacial score (nSPS) is 17.1. The number of carbonyl (C=O) groups excluding carboxylic acids is 1. The second-order valence-electron chi connectivity index (χ2n) is 4.96. The van der Waals surface area contributed by atoms with Gasteiger partial charge in [0.25, 0.3) is 5.91 Å². The summed E-state index contributed by atoms with van der Waals surface area (Å²) in [7, 11) is 0. The number of benzene rings is 1. The Morgan fingerprint density at radius 1 is 1.26 bits per heavy atom. The first-order valence-corrected chi connectivity index (χ1v) is 7.11. The maximum atomic E-state index is 12.1. The highest BCUT2D eigenvalue weighted by molar-refractivity contribution is 9.10. The average molecular weight is 326 g/mol. The molecule has 102 valence electrons. The summed E-state index contributed by atoms with van der Waals surface area (Å²) in [4.78, 5) is 23.4. The highest BCUT2D eigenvalue weighted by atomic mass is 79.9. The molecular formula is C14H16BrNO3. The predicted octanol–water partition coefficient (Wildman–Crippen LogP) is 2.82. The molecule has 1 aromatic carbocycles. The van der Waals surface area contributed by atoms with Gasteiger partial charge in [-0.1, -0.05) is 25.0 Å². The molecule has 2 N–H and O–H groups in total. The van der Waals surface area contributed by atoms with Crippen molar-refractivity contribution in [2.45, 2.75) is 25.7 Å². The molecule has 19 heavy (non-hydrogen) atoms. The van der Waals surface area contributed by atoms with Gasteiger partial charge in [-0.2, -0.15) is 0 Å². The molecule has 1 saturated carbocycles. The van der Waals surface area contributed by atoms with Gasteiger partial charge in [-0.15, -0.1) is 0 Å². The van der Waals surface area contributed by atoms with Crippen LogP contribution in [0.2, 0.25) is 0 Å². The third-order valence-corrected chi connectivity index (χ3v) is 4.41. The zero-order chi connectivity index (χ0) is 13.9. The minimum atomic E-state index is -0.808. The molecule has 1 aliphatic rings. The highest BCUT2D eigenvalue weighted by Crippen LogP contribution is 2.37. The van der Waals surface area contributed by atoms with Gasteiger partial charge in [-0.05, 0) is 40.9 Å². The van der Waals surface area contributed by atoms with E-state index in [0.717, 1.165) is 12.8 Å². The van der Waals surface area contributed by atoms with Crippen molar-refractivity contribution in [1.29, 1.82) is 0 Å². The molecule has 1 aliphatic carbocycles. The van der Waals surface area contributed by atoms with E-state index in [-0.39, 0.29) is 12.5 Å². The predicted molar refractivity (Wildman–Crippen MR) is 75.0 cm³/mol. The molecule has 0 saturated heterocycles. The van der Waals surface area contributed by atoms with Crippen LogP contribution in [0.1, 0.15) is 36.0 Å². The first-order chi connectivity index (χ1) is 9.05. The molecule has 0 aromatic heterocycles. The van der Waals surface area contributed by atoms with E-state index >= 15 is 0 Å². The Labute approximate surface area is 120 Å². The van der Waals surface area contributed by atoms with Crippen LogP contribution in [0, 0.1) is 5.41 Å². The van der Waals surface area contributed by atoms with E-state index in [9.17, 15) is 14.7 Å². The summed E-state index contributed by atoms with van der Waals surface area (Å²) in [5, 5.41) is 12.1. The van der Waals surface area contributed by atoms with E-state index in [1.165, 1.54) is 0 Å². The Bertz CT molecular complexity index is 495. The van der Waals surface area contributed by atoms with Crippen LogP contribution in [0.3, 0.4) is 0 Å². The Hall–Kier alpha value is -1.36. The van der Waals surface area contributed by atoms with Gasteiger partial charge in [0.1, 0.15) is 0 Å². The molecule has 0 unspecified atom stereocenters. The number of carboxylic acids is 1. The average Bonchev–Trinajstić information content (AvgIpc) is 2.86. The smallest absolute Gasteiger partial charge is 0.311 e. The Kier molecular flexibility index (Phi) is 4.24. The summed E-state index contributed by atoms with van der Waals surface area (Å²) in [5.41, 5.74) is -0.252. The zero-order valence-electron chi connectivity index (χ0n) is 10.5. The van der Waals surface area contributed by atoms with Gasteiger partial charge in [0.05, 0.1) is 11.0 Å². The first kappa shape index (κ1) is 14.1. The lowest BCUT2D eigenvalue weighted by Crippen LogP contribution is -2.41. The number of carboxylic acid groups (broad SMARTS) is 1. The lowest BCUT2D eigenvalue weighted by molar-refractivity contribution is -0.148. The third kappa shape index (κ3) is 2.97. The summed E-state index contributed by atoms with van der Waals surface area (Å²) in [5.74, 6) is -1.04. The molecule has 2 rings (SSSR count). The number of halogens is 1. The molecule has 1 fully saturated rings. The molecule has 1 aromatic rings. The van der Waals surface area contributed by atoms with E-state index in [1.807, 2.05) is 6.07 Å². The van der Waals surface area contributed by atoms with Crippen molar-refractivity contribution in [3.05, 3.63) is 34.3 Å². The number of rotatable bonds is 4. The van der Waals surface area contributed by atoms with Gasteiger partial charge in [-0.3, -0.25) is 9.59 Å². The van der Waals surface area contributed by atoms with Crippen molar-refractivity contribution in [1.82, 2.24) is 5.32 Å². The Morgan fingerprint density at radius 2 is 1.89 bits per heavy atom. The molecule has 0 spiro atoms. The summed E-state index contributed by atoms with van der Waals surface area (Å²) >= 11 is 3.32.